The monoisotopic (exact) mass is 322 g/mol. The van der Waals surface area contributed by atoms with Gasteiger partial charge < -0.3 is 9.47 Å². The van der Waals surface area contributed by atoms with E-state index in [4.69, 9.17) is 14.7 Å². The summed E-state index contributed by atoms with van der Waals surface area (Å²) in [7, 11) is 3.40. The van der Waals surface area contributed by atoms with Gasteiger partial charge in [0.15, 0.2) is 0 Å². The Kier molecular flexibility index (Phi) is 5.02. The molecule has 24 heavy (non-hydrogen) atoms. The Hall–Kier alpha value is -2.51. The maximum absolute atomic E-state index is 9.08. The van der Waals surface area contributed by atoms with Crippen molar-refractivity contribution < 1.29 is 9.47 Å². The Morgan fingerprint density at radius 3 is 2.79 bits per heavy atom. The Balaban J connectivity index is 1.86. The largest absolute Gasteiger partial charge is 0.497 e. The molecule has 1 atom stereocenters. The molecule has 1 aliphatic heterocycles. The van der Waals surface area contributed by atoms with Crippen molar-refractivity contribution in [3.63, 3.8) is 0 Å². The van der Waals surface area contributed by atoms with Crippen LogP contribution in [0.2, 0.25) is 0 Å². The van der Waals surface area contributed by atoms with E-state index in [9.17, 15) is 0 Å². The molecule has 3 rings (SSSR count). The molecular formula is C20H22N2O2. The number of hydrogen-bond donors (Lipinski definition) is 0. The van der Waals surface area contributed by atoms with Crippen molar-refractivity contribution in [1.29, 1.82) is 5.26 Å². The second-order valence-corrected chi connectivity index (χ2v) is 6.05. The lowest BCUT2D eigenvalue weighted by Crippen LogP contribution is -2.23. The number of methoxy groups -OCH3 is 2. The molecule has 4 nitrogen and oxygen atoms in total. The van der Waals surface area contributed by atoms with E-state index in [0.29, 0.717) is 11.6 Å². The predicted molar refractivity (Wildman–Crippen MR) is 93.1 cm³/mol. The van der Waals surface area contributed by atoms with Crippen LogP contribution in [0.1, 0.15) is 35.6 Å². The van der Waals surface area contributed by atoms with Gasteiger partial charge in [-0.2, -0.15) is 5.26 Å². The fourth-order valence-corrected chi connectivity index (χ4v) is 3.44. The summed E-state index contributed by atoms with van der Waals surface area (Å²) in [6.07, 6.45) is 2.25. The van der Waals surface area contributed by atoms with Crippen LogP contribution in [0.3, 0.4) is 0 Å². The Bertz CT molecular complexity index is 752. The van der Waals surface area contributed by atoms with E-state index in [-0.39, 0.29) is 0 Å². The van der Waals surface area contributed by atoms with Crippen LogP contribution in [0, 0.1) is 11.3 Å². The number of nitrogens with zero attached hydrogens (tertiary/aromatic N) is 2. The third kappa shape index (κ3) is 3.37. The lowest BCUT2D eigenvalue weighted by Gasteiger charge is -2.26. The molecule has 0 unspecified atom stereocenters. The van der Waals surface area contributed by atoms with Gasteiger partial charge in [0.2, 0.25) is 0 Å². The van der Waals surface area contributed by atoms with Gasteiger partial charge in [-0.15, -0.1) is 0 Å². The molecule has 2 aromatic carbocycles. The molecule has 0 aromatic heterocycles. The minimum atomic E-state index is 0.306. The molecule has 0 spiro atoms. The molecule has 1 aliphatic rings. The zero-order chi connectivity index (χ0) is 16.9. The third-order valence-corrected chi connectivity index (χ3v) is 4.60. The van der Waals surface area contributed by atoms with Gasteiger partial charge in [0, 0.05) is 18.2 Å². The van der Waals surface area contributed by atoms with E-state index < -0.39 is 0 Å². The second kappa shape index (κ2) is 7.37. The molecular weight excluding hydrogens is 300 g/mol. The van der Waals surface area contributed by atoms with Crippen molar-refractivity contribution in [3.05, 3.63) is 59.2 Å². The zero-order valence-corrected chi connectivity index (χ0v) is 14.2. The van der Waals surface area contributed by atoms with E-state index in [1.165, 1.54) is 11.1 Å². The van der Waals surface area contributed by atoms with Crippen LogP contribution in [-0.4, -0.2) is 25.7 Å². The Labute approximate surface area is 143 Å². The molecule has 4 heteroatoms. The van der Waals surface area contributed by atoms with E-state index in [1.54, 1.807) is 14.2 Å². The van der Waals surface area contributed by atoms with Crippen LogP contribution in [0.4, 0.5) is 0 Å². The van der Waals surface area contributed by atoms with E-state index in [1.807, 2.05) is 30.3 Å². The molecule has 1 fully saturated rings. The smallest absolute Gasteiger partial charge is 0.123 e. The normalized spacial score (nSPS) is 17.5. The van der Waals surface area contributed by atoms with Gasteiger partial charge in [-0.1, -0.05) is 12.1 Å². The highest BCUT2D eigenvalue weighted by Crippen LogP contribution is 2.39. The number of likely N-dealkylation sites (tertiary alicyclic amines) is 1. The SMILES string of the molecule is COc1ccc(OC)c([C@H]2CCCN2Cc2cccc(C#N)c2)c1. The number of nitriles is 1. The maximum atomic E-state index is 9.08. The summed E-state index contributed by atoms with van der Waals surface area (Å²) in [5, 5.41) is 9.08. The van der Waals surface area contributed by atoms with Gasteiger partial charge >= 0.3 is 0 Å². The average Bonchev–Trinajstić information content (AvgIpc) is 3.09. The molecule has 2 aromatic rings. The second-order valence-electron chi connectivity index (χ2n) is 6.05. The van der Waals surface area contributed by atoms with Gasteiger partial charge in [0.05, 0.1) is 25.9 Å². The standard InChI is InChI=1S/C20H22N2O2/c1-23-17-8-9-20(24-2)18(12-17)19-7-4-10-22(19)14-16-6-3-5-15(11-16)13-21/h3,5-6,8-9,11-12,19H,4,7,10,14H2,1-2H3/t19-/m1/s1. The van der Waals surface area contributed by atoms with Crippen molar-refractivity contribution in [2.45, 2.75) is 25.4 Å². The summed E-state index contributed by atoms with van der Waals surface area (Å²) in [6, 6.07) is 16.3. The first kappa shape index (κ1) is 16.4. The van der Waals surface area contributed by atoms with E-state index in [2.05, 4.69) is 23.1 Å². The molecule has 0 radical (unpaired) electrons. The highest BCUT2D eigenvalue weighted by Gasteiger charge is 2.28. The molecule has 1 heterocycles. The zero-order valence-electron chi connectivity index (χ0n) is 14.2. The highest BCUT2D eigenvalue weighted by molar-refractivity contribution is 5.43. The van der Waals surface area contributed by atoms with Crippen LogP contribution in [-0.2, 0) is 6.54 Å². The van der Waals surface area contributed by atoms with Crippen molar-refractivity contribution in [1.82, 2.24) is 4.90 Å². The van der Waals surface area contributed by atoms with Gasteiger partial charge in [0.1, 0.15) is 11.5 Å². The summed E-state index contributed by atoms with van der Waals surface area (Å²) in [5.74, 6) is 1.75. The maximum Gasteiger partial charge on any atom is 0.123 e. The van der Waals surface area contributed by atoms with Gasteiger partial charge in [-0.3, -0.25) is 4.90 Å². The minimum absolute atomic E-state index is 0.306. The Morgan fingerprint density at radius 1 is 1.17 bits per heavy atom. The highest BCUT2D eigenvalue weighted by atomic mass is 16.5. The summed E-state index contributed by atoms with van der Waals surface area (Å²) >= 11 is 0. The Morgan fingerprint density at radius 2 is 2.04 bits per heavy atom. The van der Waals surface area contributed by atoms with Gasteiger partial charge in [-0.25, -0.2) is 0 Å². The van der Waals surface area contributed by atoms with Crippen LogP contribution >= 0.6 is 0 Å². The topological polar surface area (TPSA) is 45.5 Å². The summed E-state index contributed by atoms with van der Waals surface area (Å²) in [6.45, 7) is 1.88. The van der Waals surface area contributed by atoms with Crippen LogP contribution in [0.15, 0.2) is 42.5 Å². The van der Waals surface area contributed by atoms with E-state index in [0.717, 1.165) is 37.4 Å². The molecule has 124 valence electrons. The fraction of sp³-hybridized carbons (Fsp3) is 0.350. The minimum Gasteiger partial charge on any atom is -0.497 e. The quantitative estimate of drug-likeness (QED) is 0.837. The van der Waals surface area contributed by atoms with Gasteiger partial charge in [-0.05, 0) is 55.3 Å². The predicted octanol–water partition coefficient (Wildman–Crippen LogP) is 3.91. The average molecular weight is 322 g/mol. The summed E-state index contributed by atoms with van der Waals surface area (Å²) in [4.78, 5) is 2.45. The fourth-order valence-electron chi connectivity index (χ4n) is 3.44. The van der Waals surface area contributed by atoms with Crippen LogP contribution in [0.25, 0.3) is 0 Å². The lowest BCUT2D eigenvalue weighted by atomic mass is 10.0. The van der Waals surface area contributed by atoms with E-state index >= 15 is 0 Å². The number of benzene rings is 2. The summed E-state index contributed by atoms with van der Waals surface area (Å²) < 4.78 is 11.0. The number of ether oxygens (including phenoxy) is 2. The molecule has 0 N–H and O–H groups in total. The molecule has 1 saturated heterocycles. The molecule has 0 aliphatic carbocycles. The van der Waals surface area contributed by atoms with Gasteiger partial charge in [0.25, 0.3) is 0 Å². The van der Waals surface area contributed by atoms with Crippen molar-refractivity contribution in [3.8, 4) is 17.6 Å². The van der Waals surface area contributed by atoms with Crippen LogP contribution < -0.4 is 9.47 Å². The third-order valence-electron chi connectivity index (χ3n) is 4.60. The number of rotatable bonds is 5. The number of hydrogen-bond acceptors (Lipinski definition) is 4. The molecule has 0 saturated carbocycles. The first-order valence-electron chi connectivity index (χ1n) is 8.20. The van der Waals surface area contributed by atoms with Crippen molar-refractivity contribution in [2.24, 2.45) is 0 Å². The first-order valence-corrected chi connectivity index (χ1v) is 8.20. The van der Waals surface area contributed by atoms with Crippen LogP contribution in [0.5, 0.6) is 11.5 Å². The van der Waals surface area contributed by atoms with Crippen molar-refractivity contribution >= 4 is 0 Å². The first-order chi connectivity index (χ1) is 11.7. The molecule has 0 bridgehead atoms. The van der Waals surface area contributed by atoms with Crippen molar-refractivity contribution in [2.75, 3.05) is 20.8 Å². The lowest BCUT2D eigenvalue weighted by molar-refractivity contribution is 0.242. The summed E-state index contributed by atoms with van der Waals surface area (Å²) in [5.41, 5.74) is 3.05. The molecule has 0 amide bonds.